The zero-order valence-corrected chi connectivity index (χ0v) is 17.0. The van der Waals surface area contributed by atoms with Crippen LogP contribution in [0.25, 0.3) is 0 Å². The number of likely N-dealkylation sites (tertiary alicyclic amines) is 1. The predicted octanol–water partition coefficient (Wildman–Crippen LogP) is 4.69. The molecule has 3 rings (SSSR count). The Bertz CT molecular complexity index is 569. The fourth-order valence-electron chi connectivity index (χ4n) is 4.94. The van der Waals surface area contributed by atoms with Gasteiger partial charge in [0.25, 0.3) is 0 Å². The smallest absolute Gasteiger partial charge is 0.115 e. The molecule has 3 heteroatoms. The normalized spacial score (nSPS) is 29.6. The minimum absolute atomic E-state index is 0.162. The molecule has 1 aliphatic carbocycles. The summed E-state index contributed by atoms with van der Waals surface area (Å²) in [7, 11) is 0. The van der Waals surface area contributed by atoms with E-state index in [0.29, 0.717) is 17.7 Å². The maximum atomic E-state index is 9.87. The van der Waals surface area contributed by atoms with E-state index in [1.165, 1.54) is 44.1 Å². The van der Waals surface area contributed by atoms with Gasteiger partial charge in [0.1, 0.15) is 5.75 Å². The van der Waals surface area contributed by atoms with Crippen molar-refractivity contribution < 1.29 is 5.11 Å². The summed E-state index contributed by atoms with van der Waals surface area (Å²) in [4.78, 5) is 2.68. The second-order valence-electron chi connectivity index (χ2n) is 9.04. The van der Waals surface area contributed by atoms with Crippen LogP contribution >= 0.6 is 0 Å². The number of phenols is 1. The van der Waals surface area contributed by atoms with Crippen molar-refractivity contribution >= 4 is 0 Å². The highest BCUT2D eigenvalue weighted by atomic mass is 16.3. The van der Waals surface area contributed by atoms with E-state index in [2.05, 4.69) is 37.1 Å². The summed E-state index contributed by atoms with van der Waals surface area (Å²) < 4.78 is 0. The molecule has 1 saturated heterocycles. The maximum absolute atomic E-state index is 9.87. The number of piperidine rings is 1. The number of rotatable bonds is 6. The summed E-state index contributed by atoms with van der Waals surface area (Å²) in [5, 5.41) is 13.7. The Hall–Kier alpha value is -1.06. The Balaban J connectivity index is 1.49. The first-order valence-electron chi connectivity index (χ1n) is 10.8. The van der Waals surface area contributed by atoms with Crippen molar-refractivity contribution in [3.05, 3.63) is 29.8 Å². The third-order valence-corrected chi connectivity index (χ3v) is 7.24. The van der Waals surface area contributed by atoms with Crippen LogP contribution in [0, 0.1) is 5.92 Å². The molecular weight excluding hydrogens is 320 g/mol. The third-order valence-electron chi connectivity index (χ3n) is 7.24. The van der Waals surface area contributed by atoms with E-state index in [0.717, 1.165) is 32.1 Å². The molecule has 146 valence electrons. The van der Waals surface area contributed by atoms with Crippen molar-refractivity contribution in [1.29, 1.82) is 0 Å². The molecule has 1 saturated carbocycles. The molecule has 1 aromatic carbocycles. The molecule has 2 aliphatic rings. The van der Waals surface area contributed by atoms with Crippen LogP contribution in [0.1, 0.15) is 71.3 Å². The van der Waals surface area contributed by atoms with Crippen molar-refractivity contribution in [1.82, 2.24) is 10.2 Å². The quantitative estimate of drug-likeness (QED) is 0.774. The van der Waals surface area contributed by atoms with Gasteiger partial charge >= 0.3 is 0 Å². The zero-order valence-electron chi connectivity index (χ0n) is 17.0. The van der Waals surface area contributed by atoms with Crippen LogP contribution in [-0.4, -0.2) is 41.7 Å². The molecular formula is C23H38N2O. The van der Waals surface area contributed by atoms with Crippen LogP contribution < -0.4 is 5.32 Å². The summed E-state index contributed by atoms with van der Waals surface area (Å²) in [5.74, 6) is 0.979. The number of nitrogens with one attached hydrogen (secondary N) is 1. The van der Waals surface area contributed by atoms with E-state index in [-0.39, 0.29) is 5.41 Å². The number of hydrogen-bond acceptors (Lipinski definition) is 3. The summed E-state index contributed by atoms with van der Waals surface area (Å²) in [6, 6.07) is 9.31. The second kappa shape index (κ2) is 8.75. The first-order valence-corrected chi connectivity index (χ1v) is 10.8. The van der Waals surface area contributed by atoms with Crippen LogP contribution in [-0.2, 0) is 5.41 Å². The average Bonchev–Trinajstić information content (AvgIpc) is 2.65. The molecule has 3 nitrogen and oxygen atoms in total. The fraction of sp³-hybridized carbons (Fsp3) is 0.739. The van der Waals surface area contributed by atoms with Gasteiger partial charge in [-0.15, -0.1) is 0 Å². The van der Waals surface area contributed by atoms with Gasteiger partial charge in [-0.3, -0.25) is 0 Å². The number of aromatic hydroxyl groups is 1. The van der Waals surface area contributed by atoms with Crippen LogP contribution in [0.4, 0.5) is 0 Å². The predicted molar refractivity (Wildman–Crippen MR) is 110 cm³/mol. The van der Waals surface area contributed by atoms with E-state index < -0.39 is 0 Å². The number of phenolic OH excluding ortho intramolecular Hbond substituents is 1. The zero-order chi connectivity index (χ0) is 18.6. The highest BCUT2D eigenvalue weighted by Gasteiger charge is 2.39. The lowest BCUT2D eigenvalue weighted by atomic mass is 9.68. The van der Waals surface area contributed by atoms with Gasteiger partial charge in [0, 0.05) is 18.6 Å². The van der Waals surface area contributed by atoms with Crippen LogP contribution in [0.2, 0.25) is 0 Å². The Morgan fingerprint density at radius 2 is 2.04 bits per heavy atom. The molecule has 0 amide bonds. The standard InChI is InChI=1S/C23H38N2O/c1-18-17-25(19(2)12-14-24-21-9-5-4-6-10-21)15-13-23(18,3)20-8-7-11-22(26)16-20/h7-8,11,16,18-19,21,24,26H,4-6,9-10,12-15,17H2,1-3H3. The molecule has 1 aliphatic heterocycles. The van der Waals surface area contributed by atoms with Gasteiger partial charge in [-0.1, -0.05) is 45.2 Å². The Kier molecular flexibility index (Phi) is 6.63. The van der Waals surface area contributed by atoms with Gasteiger partial charge in [0.15, 0.2) is 0 Å². The molecule has 1 heterocycles. The Morgan fingerprint density at radius 3 is 2.73 bits per heavy atom. The van der Waals surface area contributed by atoms with Gasteiger partial charge in [-0.2, -0.15) is 0 Å². The molecule has 3 unspecified atom stereocenters. The minimum Gasteiger partial charge on any atom is -0.508 e. The molecule has 26 heavy (non-hydrogen) atoms. The molecule has 0 radical (unpaired) electrons. The molecule has 3 atom stereocenters. The molecule has 0 aromatic heterocycles. The minimum atomic E-state index is 0.162. The van der Waals surface area contributed by atoms with E-state index in [4.69, 9.17) is 0 Å². The lowest BCUT2D eigenvalue weighted by Crippen LogP contribution is -2.50. The van der Waals surface area contributed by atoms with Gasteiger partial charge in [-0.25, -0.2) is 0 Å². The maximum Gasteiger partial charge on any atom is 0.115 e. The summed E-state index contributed by atoms with van der Waals surface area (Å²) in [5.41, 5.74) is 1.45. The first kappa shape index (κ1) is 19.7. The van der Waals surface area contributed by atoms with Crippen molar-refractivity contribution in [3.8, 4) is 5.75 Å². The van der Waals surface area contributed by atoms with E-state index in [9.17, 15) is 5.11 Å². The lowest BCUT2D eigenvalue weighted by molar-refractivity contribution is 0.0772. The summed E-state index contributed by atoms with van der Waals surface area (Å²) >= 11 is 0. The monoisotopic (exact) mass is 358 g/mol. The van der Waals surface area contributed by atoms with Crippen molar-refractivity contribution in [2.45, 2.75) is 83.2 Å². The summed E-state index contributed by atoms with van der Waals surface area (Å²) in [6.07, 6.45) is 9.39. The highest BCUT2D eigenvalue weighted by molar-refractivity contribution is 5.33. The number of hydrogen-bond donors (Lipinski definition) is 2. The molecule has 0 spiro atoms. The third kappa shape index (κ3) is 4.61. The van der Waals surface area contributed by atoms with E-state index >= 15 is 0 Å². The molecule has 1 aromatic rings. The SMILES string of the molecule is CC(CCNC1CCCCC1)N1CCC(C)(c2cccc(O)c2)C(C)C1. The largest absolute Gasteiger partial charge is 0.508 e. The lowest BCUT2D eigenvalue weighted by Gasteiger charge is -2.47. The van der Waals surface area contributed by atoms with Crippen molar-refractivity contribution in [2.75, 3.05) is 19.6 Å². The fourth-order valence-corrected chi connectivity index (χ4v) is 4.94. The molecule has 2 fully saturated rings. The van der Waals surface area contributed by atoms with Crippen LogP contribution in [0.5, 0.6) is 5.75 Å². The highest BCUT2D eigenvalue weighted by Crippen LogP contribution is 2.40. The summed E-state index contributed by atoms with van der Waals surface area (Å²) in [6.45, 7) is 10.6. The van der Waals surface area contributed by atoms with Crippen LogP contribution in [0.15, 0.2) is 24.3 Å². The Labute approximate surface area is 160 Å². The first-order chi connectivity index (χ1) is 12.5. The van der Waals surface area contributed by atoms with Crippen molar-refractivity contribution in [2.24, 2.45) is 5.92 Å². The Morgan fingerprint density at radius 1 is 1.27 bits per heavy atom. The average molecular weight is 359 g/mol. The van der Waals surface area contributed by atoms with Gasteiger partial charge in [0.2, 0.25) is 0 Å². The molecule has 0 bridgehead atoms. The van der Waals surface area contributed by atoms with Gasteiger partial charge < -0.3 is 15.3 Å². The van der Waals surface area contributed by atoms with Crippen LogP contribution in [0.3, 0.4) is 0 Å². The van der Waals surface area contributed by atoms with Crippen molar-refractivity contribution in [3.63, 3.8) is 0 Å². The van der Waals surface area contributed by atoms with Gasteiger partial charge in [-0.05, 0) is 74.7 Å². The molecule has 2 N–H and O–H groups in total. The van der Waals surface area contributed by atoms with E-state index in [1.807, 2.05) is 12.1 Å². The number of benzene rings is 1. The topological polar surface area (TPSA) is 35.5 Å². The van der Waals surface area contributed by atoms with Gasteiger partial charge in [0.05, 0.1) is 0 Å². The van der Waals surface area contributed by atoms with E-state index in [1.54, 1.807) is 6.07 Å². The second-order valence-corrected chi connectivity index (χ2v) is 9.04. The number of nitrogens with zero attached hydrogens (tertiary/aromatic N) is 1.